The van der Waals surface area contributed by atoms with Crippen LogP contribution in [-0.4, -0.2) is 16.1 Å². The molecule has 1 amide bonds. The van der Waals surface area contributed by atoms with E-state index >= 15 is 0 Å². The third kappa shape index (κ3) is 3.86. The van der Waals surface area contributed by atoms with Crippen LogP contribution < -0.4 is 5.32 Å². The SMILES string of the molecule is CC(CC(=O)NCc1ccn[nH]1)C1CCCCC1. The van der Waals surface area contributed by atoms with Gasteiger partial charge in [0.05, 0.1) is 12.2 Å². The molecule has 100 valence electrons. The fourth-order valence-corrected chi connectivity index (χ4v) is 2.81. The van der Waals surface area contributed by atoms with E-state index in [-0.39, 0.29) is 5.91 Å². The van der Waals surface area contributed by atoms with Crippen LogP contribution in [0.15, 0.2) is 12.3 Å². The molecule has 1 atom stereocenters. The summed E-state index contributed by atoms with van der Waals surface area (Å²) in [6.07, 6.45) is 9.00. The van der Waals surface area contributed by atoms with Crippen LogP contribution in [0.5, 0.6) is 0 Å². The van der Waals surface area contributed by atoms with Gasteiger partial charge in [-0.3, -0.25) is 9.89 Å². The summed E-state index contributed by atoms with van der Waals surface area (Å²) in [7, 11) is 0. The summed E-state index contributed by atoms with van der Waals surface area (Å²) >= 11 is 0. The molecule has 1 aliphatic rings. The number of aromatic nitrogens is 2. The van der Waals surface area contributed by atoms with Crippen molar-refractivity contribution in [2.75, 3.05) is 0 Å². The van der Waals surface area contributed by atoms with E-state index in [1.165, 1.54) is 32.1 Å². The molecule has 1 saturated carbocycles. The normalized spacial score (nSPS) is 18.5. The number of rotatable bonds is 5. The third-order valence-corrected chi connectivity index (χ3v) is 4.00. The lowest BCUT2D eigenvalue weighted by Gasteiger charge is -2.27. The summed E-state index contributed by atoms with van der Waals surface area (Å²) in [5, 5.41) is 9.65. The van der Waals surface area contributed by atoms with Gasteiger partial charge in [0.1, 0.15) is 0 Å². The molecule has 0 spiro atoms. The number of aromatic amines is 1. The Bertz CT molecular complexity index is 355. The highest BCUT2D eigenvalue weighted by atomic mass is 16.1. The van der Waals surface area contributed by atoms with Crippen molar-refractivity contribution in [2.45, 2.75) is 52.0 Å². The lowest BCUT2D eigenvalue weighted by Crippen LogP contribution is -2.27. The minimum absolute atomic E-state index is 0.155. The molecule has 4 nitrogen and oxygen atoms in total. The van der Waals surface area contributed by atoms with Crippen LogP contribution in [0, 0.1) is 11.8 Å². The first-order valence-electron chi connectivity index (χ1n) is 7.00. The Balaban J connectivity index is 1.69. The van der Waals surface area contributed by atoms with Crippen molar-refractivity contribution in [3.05, 3.63) is 18.0 Å². The molecule has 1 fully saturated rings. The van der Waals surface area contributed by atoms with E-state index in [2.05, 4.69) is 22.4 Å². The zero-order valence-corrected chi connectivity index (χ0v) is 11.1. The highest BCUT2D eigenvalue weighted by Gasteiger charge is 2.21. The molecule has 18 heavy (non-hydrogen) atoms. The number of hydrogen-bond acceptors (Lipinski definition) is 2. The fraction of sp³-hybridized carbons (Fsp3) is 0.714. The Morgan fingerprint density at radius 3 is 2.94 bits per heavy atom. The topological polar surface area (TPSA) is 57.8 Å². The molecular formula is C14H23N3O. The molecule has 0 aliphatic heterocycles. The van der Waals surface area contributed by atoms with Crippen LogP contribution in [0.1, 0.15) is 51.1 Å². The maximum Gasteiger partial charge on any atom is 0.220 e. The third-order valence-electron chi connectivity index (χ3n) is 4.00. The van der Waals surface area contributed by atoms with E-state index in [0.29, 0.717) is 18.9 Å². The van der Waals surface area contributed by atoms with Gasteiger partial charge in [-0.05, 0) is 17.9 Å². The lowest BCUT2D eigenvalue weighted by molar-refractivity contribution is -0.122. The second-order valence-electron chi connectivity index (χ2n) is 5.44. The minimum Gasteiger partial charge on any atom is -0.350 e. The van der Waals surface area contributed by atoms with E-state index in [4.69, 9.17) is 0 Å². The molecule has 0 saturated heterocycles. The lowest BCUT2D eigenvalue weighted by atomic mass is 9.79. The smallest absolute Gasteiger partial charge is 0.220 e. The molecule has 2 N–H and O–H groups in total. The average molecular weight is 249 g/mol. The number of hydrogen-bond donors (Lipinski definition) is 2. The molecule has 0 bridgehead atoms. The predicted molar refractivity (Wildman–Crippen MR) is 70.8 cm³/mol. The monoisotopic (exact) mass is 249 g/mol. The Morgan fingerprint density at radius 1 is 1.50 bits per heavy atom. The van der Waals surface area contributed by atoms with Crippen LogP contribution in [0.3, 0.4) is 0 Å². The second-order valence-corrected chi connectivity index (χ2v) is 5.44. The zero-order valence-electron chi connectivity index (χ0n) is 11.1. The molecular weight excluding hydrogens is 226 g/mol. The number of H-pyrrole nitrogens is 1. The zero-order chi connectivity index (χ0) is 12.8. The van der Waals surface area contributed by atoms with Gasteiger partial charge >= 0.3 is 0 Å². The van der Waals surface area contributed by atoms with Gasteiger partial charge in [0.2, 0.25) is 5.91 Å². The molecule has 2 rings (SSSR count). The van der Waals surface area contributed by atoms with Crippen LogP contribution >= 0.6 is 0 Å². The van der Waals surface area contributed by atoms with Gasteiger partial charge in [-0.15, -0.1) is 0 Å². The van der Waals surface area contributed by atoms with Crippen molar-refractivity contribution in [3.8, 4) is 0 Å². The predicted octanol–water partition coefficient (Wildman–Crippen LogP) is 2.63. The summed E-state index contributed by atoms with van der Waals surface area (Å²) < 4.78 is 0. The molecule has 0 radical (unpaired) electrons. The van der Waals surface area contributed by atoms with Crippen LogP contribution in [0.2, 0.25) is 0 Å². The van der Waals surface area contributed by atoms with Crippen molar-refractivity contribution < 1.29 is 4.79 Å². The highest BCUT2D eigenvalue weighted by Crippen LogP contribution is 2.31. The molecule has 1 aromatic rings. The van der Waals surface area contributed by atoms with Gasteiger partial charge in [0.15, 0.2) is 0 Å². The average Bonchev–Trinajstić information content (AvgIpc) is 2.90. The first kappa shape index (κ1) is 13.1. The fourth-order valence-electron chi connectivity index (χ4n) is 2.81. The Labute approximate surface area is 109 Å². The van der Waals surface area contributed by atoms with Gasteiger partial charge in [-0.25, -0.2) is 0 Å². The maximum atomic E-state index is 11.8. The van der Waals surface area contributed by atoms with E-state index in [9.17, 15) is 4.79 Å². The Kier molecular flexibility index (Phi) is 4.79. The summed E-state index contributed by atoms with van der Waals surface area (Å²) in [6.45, 7) is 2.77. The number of nitrogens with one attached hydrogen (secondary N) is 2. The van der Waals surface area contributed by atoms with Crippen molar-refractivity contribution >= 4 is 5.91 Å². The van der Waals surface area contributed by atoms with E-state index < -0.39 is 0 Å². The standard InChI is InChI=1S/C14H23N3O/c1-11(12-5-3-2-4-6-12)9-14(18)15-10-13-7-8-16-17-13/h7-8,11-12H,2-6,9-10H2,1H3,(H,15,18)(H,16,17). The molecule has 1 heterocycles. The number of nitrogens with zero attached hydrogens (tertiary/aromatic N) is 1. The summed E-state index contributed by atoms with van der Waals surface area (Å²) in [6, 6.07) is 1.88. The Hall–Kier alpha value is -1.32. The van der Waals surface area contributed by atoms with E-state index in [1.807, 2.05) is 6.07 Å². The van der Waals surface area contributed by atoms with E-state index in [1.54, 1.807) is 6.20 Å². The van der Waals surface area contributed by atoms with Gasteiger partial charge in [-0.1, -0.05) is 39.0 Å². The maximum absolute atomic E-state index is 11.8. The van der Waals surface area contributed by atoms with Crippen molar-refractivity contribution in [2.24, 2.45) is 11.8 Å². The van der Waals surface area contributed by atoms with Gasteiger partial charge in [0, 0.05) is 12.6 Å². The second kappa shape index (κ2) is 6.57. The van der Waals surface area contributed by atoms with Crippen LogP contribution in [0.4, 0.5) is 0 Å². The van der Waals surface area contributed by atoms with Gasteiger partial charge < -0.3 is 5.32 Å². The first-order chi connectivity index (χ1) is 8.75. The van der Waals surface area contributed by atoms with Gasteiger partial charge in [0.25, 0.3) is 0 Å². The first-order valence-corrected chi connectivity index (χ1v) is 7.00. The summed E-state index contributed by atoms with van der Waals surface area (Å²) in [4.78, 5) is 11.8. The molecule has 4 heteroatoms. The van der Waals surface area contributed by atoms with Crippen LogP contribution in [-0.2, 0) is 11.3 Å². The van der Waals surface area contributed by atoms with Crippen molar-refractivity contribution in [1.82, 2.24) is 15.5 Å². The molecule has 1 unspecified atom stereocenters. The molecule has 1 aliphatic carbocycles. The van der Waals surface area contributed by atoms with Crippen LogP contribution in [0.25, 0.3) is 0 Å². The minimum atomic E-state index is 0.155. The Morgan fingerprint density at radius 2 is 2.28 bits per heavy atom. The van der Waals surface area contributed by atoms with Gasteiger partial charge in [-0.2, -0.15) is 5.10 Å². The van der Waals surface area contributed by atoms with Crippen molar-refractivity contribution in [3.63, 3.8) is 0 Å². The van der Waals surface area contributed by atoms with Crippen molar-refractivity contribution in [1.29, 1.82) is 0 Å². The molecule has 0 aromatic carbocycles. The quantitative estimate of drug-likeness (QED) is 0.842. The highest BCUT2D eigenvalue weighted by molar-refractivity contribution is 5.76. The number of carbonyl (C=O) groups is 1. The van der Waals surface area contributed by atoms with E-state index in [0.717, 1.165) is 11.6 Å². The summed E-state index contributed by atoms with van der Waals surface area (Å²) in [5.41, 5.74) is 0.952. The number of amides is 1. The largest absolute Gasteiger partial charge is 0.350 e. The number of carbonyl (C=O) groups excluding carboxylic acids is 1. The molecule has 1 aromatic heterocycles. The summed E-state index contributed by atoms with van der Waals surface area (Å²) in [5.74, 6) is 1.41.